The van der Waals surface area contributed by atoms with Crippen LogP contribution >= 0.6 is 0 Å². The molecule has 1 saturated carbocycles. The molecule has 4 N–H and O–H groups in total. The molecule has 0 aliphatic heterocycles. The third-order valence-electron chi connectivity index (χ3n) is 4.30. The van der Waals surface area contributed by atoms with Crippen molar-refractivity contribution in [1.29, 1.82) is 0 Å². The monoisotopic (exact) mass is 365 g/mol. The number of pyridine rings is 1. The van der Waals surface area contributed by atoms with Gasteiger partial charge >= 0.3 is 0 Å². The van der Waals surface area contributed by atoms with Crippen LogP contribution in [0.25, 0.3) is 22.5 Å². The number of amides is 2. The van der Waals surface area contributed by atoms with E-state index in [2.05, 4.69) is 20.3 Å². The first-order valence-electron chi connectivity index (χ1n) is 8.44. The zero-order valence-electron chi connectivity index (χ0n) is 14.2. The van der Waals surface area contributed by atoms with Crippen LogP contribution < -0.4 is 11.1 Å². The van der Waals surface area contributed by atoms with Crippen molar-refractivity contribution in [3.63, 3.8) is 0 Å². The van der Waals surface area contributed by atoms with E-state index < -0.39 is 5.91 Å². The topological polar surface area (TPSA) is 114 Å². The van der Waals surface area contributed by atoms with Crippen molar-refractivity contribution in [3.05, 3.63) is 54.2 Å². The number of halogens is 1. The molecule has 0 unspecified atom stereocenters. The maximum atomic E-state index is 13.3. The quantitative estimate of drug-likeness (QED) is 0.645. The van der Waals surface area contributed by atoms with Gasteiger partial charge in [0.2, 0.25) is 5.91 Å². The van der Waals surface area contributed by atoms with Crippen LogP contribution in [-0.4, -0.2) is 26.8 Å². The first-order chi connectivity index (χ1) is 13.0. The smallest absolute Gasteiger partial charge is 0.284 e. The Hall–Kier alpha value is -3.55. The van der Waals surface area contributed by atoms with Gasteiger partial charge < -0.3 is 16.0 Å². The number of aromatic amines is 1. The lowest BCUT2D eigenvalue weighted by Gasteiger charge is -2.07. The number of carbonyl (C=O) groups excluding carboxylic acids is 2. The van der Waals surface area contributed by atoms with E-state index in [1.54, 1.807) is 30.5 Å². The van der Waals surface area contributed by atoms with Gasteiger partial charge in [0.1, 0.15) is 11.6 Å². The van der Waals surface area contributed by atoms with Crippen molar-refractivity contribution in [1.82, 2.24) is 15.0 Å². The fraction of sp³-hybridized carbons (Fsp3) is 0.158. The largest absolute Gasteiger partial charge is 0.363 e. The number of nitrogens with zero attached hydrogens (tertiary/aromatic N) is 2. The summed E-state index contributed by atoms with van der Waals surface area (Å²) in [5.74, 6) is -0.692. The van der Waals surface area contributed by atoms with Crippen LogP contribution in [0.3, 0.4) is 0 Å². The lowest BCUT2D eigenvalue weighted by molar-refractivity contribution is -0.117. The molecule has 4 rings (SSSR count). The van der Waals surface area contributed by atoms with Crippen LogP contribution in [0.5, 0.6) is 0 Å². The SMILES string of the molecule is NC(=O)c1nc(-c2ccnc(NC(=O)C3CC3)c2)c(-c2ccc(F)cc2)[nH]1. The van der Waals surface area contributed by atoms with E-state index in [-0.39, 0.29) is 23.5 Å². The summed E-state index contributed by atoms with van der Waals surface area (Å²) in [7, 11) is 0. The van der Waals surface area contributed by atoms with E-state index in [9.17, 15) is 14.0 Å². The summed E-state index contributed by atoms with van der Waals surface area (Å²) in [5.41, 5.74) is 7.61. The van der Waals surface area contributed by atoms with E-state index >= 15 is 0 Å². The van der Waals surface area contributed by atoms with Gasteiger partial charge in [0.15, 0.2) is 5.82 Å². The number of H-pyrrole nitrogens is 1. The Labute approximate surface area is 153 Å². The minimum Gasteiger partial charge on any atom is -0.363 e. The molecule has 3 aromatic rings. The second-order valence-corrected chi connectivity index (χ2v) is 6.37. The number of rotatable bonds is 5. The third kappa shape index (κ3) is 3.55. The highest BCUT2D eigenvalue weighted by Gasteiger charge is 2.29. The summed E-state index contributed by atoms with van der Waals surface area (Å²) < 4.78 is 13.3. The van der Waals surface area contributed by atoms with E-state index in [1.165, 1.54) is 12.1 Å². The zero-order valence-corrected chi connectivity index (χ0v) is 14.2. The minimum atomic E-state index is -0.707. The summed E-state index contributed by atoms with van der Waals surface area (Å²) in [6, 6.07) is 9.17. The molecular formula is C19H16FN5O2. The predicted octanol–water partition coefficient (Wildman–Crippen LogP) is 2.73. The number of benzene rings is 1. The first kappa shape index (κ1) is 16.9. The van der Waals surface area contributed by atoms with Crippen molar-refractivity contribution in [3.8, 4) is 22.5 Å². The molecule has 2 aromatic heterocycles. The van der Waals surface area contributed by atoms with Crippen molar-refractivity contribution >= 4 is 17.6 Å². The van der Waals surface area contributed by atoms with E-state index in [0.29, 0.717) is 28.3 Å². The molecule has 2 amide bonds. The molecule has 7 nitrogen and oxygen atoms in total. The number of nitrogens with one attached hydrogen (secondary N) is 2. The summed E-state index contributed by atoms with van der Waals surface area (Å²) >= 11 is 0. The number of carbonyl (C=O) groups is 2. The van der Waals surface area contributed by atoms with Gasteiger partial charge in [-0.2, -0.15) is 0 Å². The molecule has 0 spiro atoms. The van der Waals surface area contributed by atoms with Gasteiger partial charge in [-0.1, -0.05) is 0 Å². The van der Waals surface area contributed by atoms with Crippen LogP contribution in [0, 0.1) is 11.7 Å². The van der Waals surface area contributed by atoms with Gasteiger partial charge in [-0.05, 0) is 49.2 Å². The Kier molecular flexibility index (Phi) is 4.15. The summed E-state index contributed by atoms with van der Waals surface area (Å²) in [6.07, 6.45) is 3.33. The van der Waals surface area contributed by atoms with E-state index in [1.807, 2.05) is 0 Å². The van der Waals surface area contributed by atoms with Gasteiger partial charge in [-0.3, -0.25) is 9.59 Å². The maximum Gasteiger partial charge on any atom is 0.284 e. The summed E-state index contributed by atoms with van der Waals surface area (Å²) in [4.78, 5) is 34.9. The van der Waals surface area contributed by atoms with Gasteiger partial charge in [0.05, 0.1) is 11.4 Å². The molecule has 1 fully saturated rings. The number of hydrogen-bond donors (Lipinski definition) is 3. The molecule has 0 radical (unpaired) electrons. The number of aromatic nitrogens is 3. The van der Waals surface area contributed by atoms with Crippen LogP contribution in [0.4, 0.5) is 10.2 Å². The standard InChI is InChI=1S/C19H16FN5O2/c20-13-5-3-10(4-6-13)15-16(25-18(24-15)17(21)26)12-7-8-22-14(9-12)23-19(27)11-1-2-11/h3-9,11H,1-2H2,(H2,21,26)(H,24,25)(H,22,23,27). The van der Waals surface area contributed by atoms with Crippen molar-refractivity contribution in [2.75, 3.05) is 5.32 Å². The van der Waals surface area contributed by atoms with Crippen molar-refractivity contribution < 1.29 is 14.0 Å². The van der Waals surface area contributed by atoms with E-state index in [4.69, 9.17) is 5.73 Å². The summed E-state index contributed by atoms with van der Waals surface area (Å²) in [6.45, 7) is 0. The molecular weight excluding hydrogens is 349 g/mol. The molecule has 1 aliphatic carbocycles. The molecule has 0 saturated heterocycles. The molecule has 0 bridgehead atoms. The molecule has 136 valence electrons. The molecule has 1 aliphatic rings. The summed E-state index contributed by atoms with van der Waals surface area (Å²) in [5, 5.41) is 2.78. The average molecular weight is 365 g/mol. The fourth-order valence-corrected chi connectivity index (χ4v) is 2.74. The van der Waals surface area contributed by atoms with Gasteiger partial charge in [0.25, 0.3) is 5.91 Å². The number of anilines is 1. The molecule has 2 heterocycles. The highest BCUT2D eigenvalue weighted by Crippen LogP contribution is 2.32. The van der Waals surface area contributed by atoms with Crippen molar-refractivity contribution in [2.45, 2.75) is 12.8 Å². The van der Waals surface area contributed by atoms with Crippen LogP contribution in [0.1, 0.15) is 23.5 Å². The second kappa shape index (κ2) is 6.64. The highest BCUT2D eigenvalue weighted by atomic mass is 19.1. The van der Waals surface area contributed by atoms with Gasteiger partial charge in [-0.15, -0.1) is 0 Å². The number of hydrogen-bond acceptors (Lipinski definition) is 4. The minimum absolute atomic E-state index is 0.00953. The lowest BCUT2D eigenvalue weighted by atomic mass is 10.1. The van der Waals surface area contributed by atoms with Crippen LogP contribution in [0.15, 0.2) is 42.6 Å². The lowest BCUT2D eigenvalue weighted by Crippen LogP contribution is -2.14. The van der Waals surface area contributed by atoms with Gasteiger partial charge in [-0.25, -0.2) is 14.4 Å². The van der Waals surface area contributed by atoms with Crippen molar-refractivity contribution in [2.24, 2.45) is 11.7 Å². The maximum absolute atomic E-state index is 13.3. The Bertz CT molecular complexity index is 1020. The fourth-order valence-electron chi connectivity index (χ4n) is 2.74. The predicted molar refractivity (Wildman–Crippen MR) is 97.1 cm³/mol. The molecule has 1 aromatic carbocycles. The van der Waals surface area contributed by atoms with Crippen LogP contribution in [0.2, 0.25) is 0 Å². The molecule has 8 heteroatoms. The third-order valence-corrected chi connectivity index (χ3v) is 4.30. The Morgan fingerprint density at radius 3 is 2.56 bits per heavy atom. The molecule has 27 heavy (non-hydrogen) atoms. The second-order valence-electron chi connectivity index (χ2n) is 6.37. The number of primary amides is 1. The highest BCUT2D eigenvalue weighted by molar-refractivity contribution is 5.95. The number of nitrogens with two attached hydrogens (primary N) is 1. The number of imidazole rings is 1. The van der Waals surface area contributed by atoms with Gasteiger partial charge in [0, 0.05) is 23.2 Å². The Balaban J connectivity index is 1.75. The normalized spacial score (nSPS) is 13.4. The zero-order chi connectivity index (χ0) is 19.0. The Morgan fingerprint density at radius 2 is 1.89 bits per heavy atom. The van der Waals surface area contributed by atoms with E-state index in [0.717, 1.165) is 12.8 Å². The first-order valence-corrected chi connectivity index (χ1v) is 8.44. The molecule has 0 atom stereocenters. The van der Waals surface area contributed by atoms with Crippen LogP contribution in [-0.2, 0) is 4.79 Å². The Morgan fingerprint density at radius 1 is 1.15 bits per heavy atom. The average Bonchev–Trinajstić information content (AvgIpc) is 3.41.